The van der Waals surface area contributed by atoms with Gasteiger partial charge in [-0.3, -0.25) is 9.05 Å². The first-order chi connectivity index (χ1) is 16.0. The Morgan fingerprint density at radius 1 is 0.667 bits per heavy atom. The molecule has 0 aliphatic carbocycles. The van der Waals surface area contributed by atoms with Crippen LogP contribution >= 0.6 is 46.3 Å². The lowest BCUT2D eigenvalue weighted by molar-refractivity contribution is 0.154. The van der Waals surface area contributed by atoms with Gasteiger partial charge in [0.15, 0.2) is 0 Å². The van der Waals surface area contributed by atoms with Crippen LogP contribution in [0.5, 0.6) is 0 Å². The van der Waals surface area contributed by atoms with Crippen molar-refractivity contribution in [1.29, 1.82) is 0 Å². The van der Waals surface area contributed by atoms with E-state index in [9.17, 15) is 9.46 Å². The smallest absolute Gasteiger partial charge is 0.302 e. The van der Waals surface area contributed by atoms with E-state index in [1.54, 1.807) is 0 Å². The van der Waals surface area contributed by atoms with Crippen molar-refractivity contribution in [3.05, 3.63) is 33.4 Å². The number of phosphoric acid groups is 1. The molecule has 0 spiro atoms. The molecular formula is C26H45BrIO4P. The Labute approximate surface area is 224 Å². The lowest BCUT2D eigenvalue weighted by Gasteiger charge is -2.11. The molecule has 1 unspecified atom stereocenters. The van der Waals surface area contributed by atoms with Gasteiger partial charge < -0.3 is 4.89 Å². The maximum absolute atomic E-state index is 11.5. The van der Waals surface area contributed by atoms with E-state index in [4.69, 9.17) is 9.05 Å². The minimum atomic E-state index is -3.84. The Balaban J connectivity index is 1.73. The predicted octanol–water partition coefficient (Wildman–Crippen LogP) is 9.60. The highest BCUT2D eigenvalue weighted by molar-refractivity contribution is 14.1. The van der Waals surface area contributed by atoms with Gasteiger partial charge in [-0.05, 0) is 59.5 Å². The average Bonchev–Trinajstić information content (AvgIpc) is 2.80. The second kappa shape index (κ2) is 21.8. The highest BCUT2D eigenvalue weighted by atomic mass is 127. The zero-order chi connectivity index (χ0) is 24.0. The van der Waals surface area contributed by atoms with Gasteiger partial charge >= 0.3 is 7.82 Å². The molecule has 0 fully saturated rings. The molecule has 0 saturated heterocycles. The largest absolute Gasteiger partial charge is 0.472 e. The van der Waals surface area contributed by atoms with Gasteiger partial charge in [0.25, 0.3) is 0 Å². The Bertz CT molecular complexity index is 615. The summed E-state index contributed by atoms with van der Waals surface area (Å²) in [7, 11) is -3.84. The summed E-state index contributed by atoms with van der Waals surface area (Å²) in [5.74, 6) is 0. The van der Waals surface area contributed by atoms with Crippen LogP contribution < -0.4 is 0 Å². The number of aryl methyl sites for hydroxylation is 1. The van der Waals surface area contributed by atoms with Crippen LogP contribution in [0.25, 0.3) is 0 Å². The van der Waals surface area contributed by atoms with Gasteiger partial charge in [-0.2, -0.15) is 0 Å². The van der Waals surface area contributed by atoms with E-state index in [-0.39, 0.29) is 6.61 Å². The lowest BCUT2D eigenvalue weighted by Crippen LogP contribution is -1.99. The van der Waals surface area contributed by atoms with Crippen molar-refractivity contribution < 1.29 is 18.5 Å². The third kappa shape index (κ3) is 20.4. The molecule has 192 valence electrons. The average molecular weight is 659 g/mol. The molecule has 33 heavy (non-hydrogen) atoms. The van der Waals surface area contributed by atoms with Crippen molar-refractivity contribution in [1.82, 2.24) is 0 Å². The number of benzene rings is 1. The molecule has 1 atom stereocenters. The first-order valence-electron chi connectivity index (χ1n) is 13.0. The maximum Gasteiger partial charge on any atom is 0.472 e. The number of phosphoric ester groups is 1. The SMILES string of the molecule is O=P(O)(OCCBr)OCCCCCCCCCCCCCCCCCCc1ccc(I)cc1. The fourth-order valence-electron chi connectivity index (χ4n) is 3.92. The van der Waals surface area contributed by atoms with Crippen LogP contribution in [-0.4, -0.2) is 23.4 Å². The quantitative estimate of drug-likeness (QED) is 0.0551. The molecule has 0 aliphatic heterocycles. The van der Waals surface area contributed by atoms with Gasteiger partial charge in [0.2, 0.25) is 0 Å². The maximum atomic E-state index is 11.5. The van der Waals surface area contributed by atoms with E-state index < -0.39 is 7.82 Å². The van der Waals surface area contributed by atoms with E-state index in [2.05, 4.69) is 62.8 Å². The number of rotatable bonds is 23. The summed E-state index contributed by atoms with van der Waals surface area (Å²) < 4.78 is 22.5. The monoisotopic (exact) mass is 658 g/mol. The molecule has 0 radical (unpaired) electrons. The van der Waals surface area contributed by atoms with Crippen LogP contribution in [0.4, 0.5) is 0 Å². The summed E-state index contributed by atoms with van der Waals surface area (Å²) in [6.07, 6.45) is 22.0. The van der Waals surface area contributed by atoms with Crippen LogP contribution in [0, 0.1) is 3.57 Å². The van der Waals surface area contributed by atoms with Crippen molar-refractivity contribution in [3.63, 3.8) is 0 Å². The molecule has 0 heterocycles. The minimum Gasteiger partial charge on any atom is -0.302 e. The fraction of sp³-hybridized carbons (Fsp3) is 0.769. The first-order valence-corrected chi connectivity index (χ1v) is 16.7. The van der Waals surface area contributed by atoms with Crippen LogP contribution in [-0.2, 0) is 20.0 Å². The van der Waals surface area contributed by atoms with E-state index in [0.717, 1.165) is 12.8 Å². The normalized spacial score (nSPS) is 13.3. The van der Waals surface area contributed by atoms with Crippen molar-refractivity contribution in [3.8, 4) is 0 Å². The summed E-state index contributed by atoms with van der Waals surface area (Å²) in [6, 6.07) is 8.95. The third-order valence-corrected chi connectivity index (χ3v) is 7.92. The lowest BCUT2D eigenvalue weighted by atomic mass is 10.0. The summed E-state index contributed by atoms with van der Waals surface area (Å²) in [6.45, 7) is 0.478. The molecular weight excluding hydrogens is 614 g/mol. The number of hydrogen-bond acceptors (Lipinski definition) is 3. The summed E-state index contributed by atoms with van der Waals surface area (Å²) in [4.78, 5) is 9.41. The highest BCUT2D eigenvalue weighted by Gasteiger charge is 2.19. The van der Waals surface area contributed by atoms with Gasteiger partial charge in [-0.15, -0.1) is 0 Å². The van der Waals surface area contributed by atoms with Crippen LogP contribution in [0.2, 0.25) is 0 Å². The number of halogens is 2. The molecule has 1 rings (SSSR count). The Morgan fingerprint density at radius 2 is 1.06 bits per heavy atom. The van der Waals surface area contributed by atoms with E-state index in [1.807, 2.05) is 0 Å². The van der Waals surface area contributed by atoms with Gasteiger partial charge in [0.05, 0.1) is 13.2 Å². The second-order valence-corrected chi connectivity index (χ2v) is 12.3. The van der Waals surface area contributed by atoms with E-state index in [1.165, 1.54) is 105 Å². The van der Waals surface area contributed by atoms with Crippen LogP contribution in [0.1, 0.15) is 108 Å². The summed E-state index contributed by atoms with van der Waals surface area (Å²) in [5, 5.41) is 0.524. The third-order valence-electron chi connectivity index (χ3n) is 5.86. The summed E-state index contributed by atoms with van der Waals surface area (Å²) in [5.41, 5.74) is 1.48. The first kappa shape index (κ1) is 31.6. The summed E-state index contributed by atoms with van der Waals surface area (Å²) >= 11 is 5.52. The van der Waals surface area contributed by atoms with Gasteiger partial charge in [-0.1, -0.05) is 118 Å². The van der Waals surface area contributed by atoms with Crippen molar-refractivity contribution in [2.45, 2.75) is 109 Å². The topological polar surface area (TPSA) is 55.8 Å². The minimum absolute atomic E-state index is 0.184. The predicted molar refractivity (Wildman–Crippen MR) is 152 cm³/mol. The van der Waals surface area contributed by atoms with E-state index in [0.29, 0.717) is 11.9 Å². The Kier molecular flexibility index (Phi) is 20.8. The van der Waals surface area contributed by atoms with Crippen molar-refractivity contribution in [2.75, 3.05) is 18.5 Å². The van der Waals surface area contributed by atoms with Gasteiger partial charge in [0.1, 0.15) is 0 Å². The van der Waals surface area contributed by atoms with Crippen LogP contribution in [0.3, 0.4) is 0 Å². The molecule has 1 N–H and O–H groups in total. The molecule has 0 amide bonds. The number of unbranched alkanes of at least 4 members (excludes halogenated alkanes) is 15. The molecule has 0 aromatic heterocycles. The molecule has 1 aromatic carbocycles. The van der Waals surface area contributed by atoms with Gasteiger partial charge in [0, 0.05) is 8.90 Å². The standard InChI is InChI=1S/C26H45BrIO4P/c27-22-24-32-33(29,30)31-23-16-14-12-10-8-6-4-2-1-3-5-7-9-11-13-15-17-25-18-20-26(28)21-19-25/h18-21H,1-17,22-24H2,(H,29,30). The fourth-order valence-corrected chi connectivity index (χ4v) is 5.45. The Morgan fingerprint density at radius 3 is 1.52 bits per heavy atom. The van der Waals surface area contributed by atoms with Crippen molar-refractivity contribution >= 4 is 46.3 Å². The second-order valence-electron chi connectivity index (χ2n) is 8.86. The van der Waals surface area contributed by atoms with Gasteiger partial charge in [-0.25, -0.2) is 4.57 Å². The molecule has 0 aliphatic rings. The highest BCUT2D eigenvalue weighted by Crippen LogP contribution is 2.43. The zero-order valence-electron chi connectivity index (χ0n) is 20.3. The molecule has 0 bridgehead atoms. The zero-order valence-corrected chi connectivity index (χ0v) is 25.0. The van der Waals surface area contributed by atoms with Crippen molar-refractivity contribution in [2.24, 2.45) is 0 Å². The number of hydrogen-bond donors (Lipinski definition) is 1. The molecule has 4 nitrogen and oxygen atoms in total. The Hall–Kier alpha value is 0.540. The molecule has 7 heteroatoms. The van der Waals surface area contributed by atoms with E-state index >= 15 is 0 Å². The number of alkyl halides is 1. The molecule has 1 aromatic rings. The molecule has 0 saturated carbocycles. The van der Waals surface area contributed by atoms with Crippen LogP contribution in [0.15, 0.2) is 24.3 Å².